The maximum atomic E-state index is 12.4. The van der Waals surface area contributed by atoms with Crippen LogP contribution < -0.4 is 16.0 Å². The molecule has 1 aliphatic rings. The number of hydrogen-bond donors (Lipinski definition) is 2. The van der Waals surface area contributed by atoms with Gasteiger partial charge < -0.3 is 16.0 Å². The lowest BCUT2D eigenvalue weighted by atomic mass is 10.0. The molecule has 4 nitrogen and oxygen atoms in total. The van der Waals surface area contributed by atoms with E-state index in [4.69, 9.17) is 28.9 Å². The van der Waals surface area contributed by atoms with Crippen LogP contribution in [-0.2, 0) is 0 Å². The fourth-order valence-corrected chi connectivity index (χ4v) is 3.72. The molecule has 2 aromatic rings. The molecule has 0 aliphatic carbocycles. The number of carbonyl (C=O) groups excluding carboxylic acids is 1. The fourth-order valence-electron chi connectivity index (χ4n) is 3.22. The summed E-state index contributed by atoms with van der Waals surface area (Å²) in [5.41, 5.74) is 8.94. The average Bonchev–Trinajstić information content (AvgIpc) is 2.56. The summed E-state index contributed by atoms with van der Waals surface area (Å²) in [5, 5.41) is 3.64. The van der Waals surface area contributed by atoms with E-state index in [-0.39, 0.29) is 5.91 Å². The minimum absolute atomic E-state index is 0.292. The van der Waals surface area contributed by atoms with Gasteiger partial charge in [-0.15, -0.1) is 0 Å². The number of nitrogen functional groups attached to an aromatic ring is 1. The Labute approximate surface area is 157 Å². The van der Waals surface area contributed by atoms with Gasteiger partial charge in [0.15, 0.2) is 0 Å². The van der Waals surface area contributed by atoms with Gasteiger partial charge in [-0.05, 0) is 62.6 Å². The molecule has 1 fully saturated rings. The monoisotopic (exact) mass is 377 g/mol. The van der Waals surface area contributed by atoms with E-state index in [1.807, 2.05) is 12.1 Å². The number of rotatable bonds is 3. The van der Waals surface area contributed by atoms with E-state index in [1.54, 1.807) is 24.3 Å². The van der Waals surface area contributed by atoms with Crippen LogP contribution in [0.5, 0.6) is 0 Å². The van der Waals surface area contributed by atoms with Crippen LogP contribution in [0.3, 0.4) is 0 Å². The molecule has 1 aliphatic heterocycles. The molecule has 6 heteroatoms. The third-order valence-corrected chi connectivity index (χ3v) is 5.12. The number of halogens is 2. The number of carbonyl (C=O) groups is 1. The highest BCUT2D eigenvalue weighted by Gasteiger charge is 2.20. The van der Waals surface area contributed by atoms with Crippen LogP contribution in [0.4, 0.5) is 17.1 Å². The van der Waals surface area contributed by atoms with Gasteiger partial charge in [0.2, 0.25) is 0 Å². The van der Waals surface area contributed by atoms with Gasteiger partial charge >= 0.3 is 0 Å². The van der Waals surface area contributed by atoms with Crippen LogP contribution in [0.15, 0.2) is 36.4 Å². The molecule has 0 saturated carbocycles. The maximum absolute atomic E-state index is 12.4. The minimum Gasteiger partial charge on any atom is -0.397 e. The summed E-state index contributed by atoms with van der Waals surface area (Å²) in [7, 11) is 0. The number of nitrogens with two attached hydrogens (primary N) is 1. The van der Waals surface area contributed by atoms with Crippen molar-refractivity contribution in [3.8, 4) is 0 Å². The van der Waals surface area contributed by atoms with Crippen molar-refractivity contribution in [2.45, 2.75) is 32.2 Å². The van der Waals surface area contributed by atoms with E-state index in [9.17, 15) is 4.79 Å². The smallest absolute Gasteiger partial charge is 0.257 e. The molecule has 1 atom stereocenters. The van der Waals surface area contributed by atoms with Gasteiger partial charge in [-0.3, -0.25) is 4.79 Å². The first-order valence-electron chi connectivity index (χ1n) is 8.38. The summed E-state index contributed by atoms with van der Waals surface area (Å²) in [6.45, 7) is 3.23. The van der Waals surface area contributed by atoms with Crippen molar-refractivity contribution in [2.24, 2.45) is 0 Å². The number of hydrogen-bond acceptors (Lipinski definition) is 3. The van der Waals surface area contributed by atoms with Gasteiger partial charge in [-0.25, -0.2) is 0 Å². The molecule has 0 bridgehead atoms. The first-order valence-corrected chi connectivity index (χ1v) is 9.14. The van der Waals surface area contributed by atoms with Gasteiger partial charge in [0, 0.05) is 23.3 Å². The Kier molecular flexibility index (Phi) is 5.40. The van der Waals surface area contributed by atoms with Crippen molar-refractivity contribution in [1.29, 1.82) is 0 Å². The molecule has 2 aromatic carbocycles. The zero-order valence-electron chi connectivity index (χ0n) is 14.1. The average molecular weight is 378 g/mol. The number of nitrogens with zero attached hydrogens (tertiary/aromatic N) is 1. The van der Waals surface area contributed by atoms with Crippen molar-refractivity contribution < 1.29 is 4.79 Å². The number of benzene rings is 2. The van der Waals surface area contributed by atoms with Crippen LogP contribution in [0.25, 0.3) is 0 Å². The summed E-state index contributed by atoms with van der Waals surface area (Å²) >= 11 is 12.0. The summed E-state index contributed by atoms with van der Waals surface area (Å²) in [4.78, 5) is 14.7. The van der Waals surface area contributed by atoms with Crippen molar-refractivity contribution in [1.82, 2.24) is 0 Å². The molecule has 3 N–H and O–H groups in total. The van der Waals surface area contributed by atoms with E-state index in [1.165, 1.54) is 19.3 Å². The Hall–Kier alpha value is -1.91. The zero-order chi connectivity index (χ0) is 18.0. The molecule has 0 aromatic heterocycles. The van der Waals surface area contributed by atoms with Crippen molar-refractivity contribution in [3.63, 3.8) is 0 Å². The van der Waals surface area contributed by atoms with Crippen molar-refractivity contribution in [3.05, 3.63) is 52.0 Å². The normalized spacial score (nSPS) is 17.4. The lowest BCUT2D eigenvalue weighted by Gasteiger charge is -2.36. The number of anilines is 3. The number of nitrogens with one attached hydrogen (secondary N) is 1. The topological polar surface area (TPSA) is 58.4 Å². The van der Waals surface area contributed by atoms with Gasteiger partial charge in [0.25, 0.3) is 5.91 Å². The Morgan fingerprint density at radius 1 is 1.20 bits per heavy atom. The van der Waals surface area contributed by atoms with Crippen LogP contribution in [0.1, 0.15) is 36.5 Å². The molecule has 1 saturated heterocycles. The van der Waals surface area contributed by atoms with Crippen LogP contribution >= 0.6 is 23.2 Å². The van der Waals surface area contributed by atoms with Crippen molar-refractivity contribution in [2.75, 3.05) is 22.5 Å². The second kappa shape index (κ2) is 7.54. The lowest BCUT2D eigenvalue weighted by Crippen LogP contribution is -2.37. The fraction of sp³-hybridized carbons (Fsp3) is 0.316. The summed E-state index contributed by atoms with van der Waals surface area (Å²) in [6.07, 6.45) is 3.61. The second-order valence-corrected chi connectivity index (χ2v) is 7.23. The molecule has 25 heavy (non-hydrogen) atoms. The van der Waals surface area contributed by atoms with E-state index >= 15 is 0 Å². The van der Waals surface area contributed by atoms with Gasteiger partial charge in [-0.2, -0.15) is 0 Å². The molecule has 1 amide bonds. The highest BCUT2D eigenvalue weighted by molar-refractivity contribution is 6.37. The number of amides is 1. The third kappa shape index (κ3) is 4.02. The van der Waals surface area contributed by atoms with E-state index in [0.29, 0.717) is 33.0 Å². The molecule has 132 valence electrons. The quantitative estimate of drug-likeness (QED) is 0.721. The van der Waals surface area contributed by atoms with Crippen LogP contribution in [0.2, 0.25) is 10.0 Å². The van der Waals surface area contributed by atoms with Gasteiger partial charge in [-0.1, -0.05) is 23.2 Å². The Morgan fingerprint density at radius 3 is 2.68 bits per heavy atom. The first-order chi connectivity index (χ1) is 12.0. The van der Waals surface area contributed by atoms with Crippen molar-refractivity contribution >= 4 is 46.2 Å². The summed E-state index contributed by atoms with van der Waals surface area (Å²) < 4.78 is 0. The SMILES string of the molecule is C[C@@H]1CCCCN1c1ccc(NC(=O)c2ccc(Cl)cc2Cl)cc1N. The molecule has 0 radical (unpaired) electrons. The number of piperidine rings is 1. The molecular weight excluding hydrogens is 357 g/mol. The highest BCUT2D eigenvalue weighted by Crippen LogP contribution is 2.32. The Balaban J connectivity index is 1.77. The Morgan fingerprint density at radius 2 is 2.00 bits per heavy atom. The highest BCUT2D eigenvalue weighted by atomic mass is 35.5. The first kappa shape index (κ1) is 17.9. The lowest BCUT2D eigenvalue weighted by molar-refractivity contribution is 0.102. The summed E-state index contributed by atoms with van der Waals surface area (Å²) in [5.74, 6) is -0.292. The molecule has 0 spiro atoms. The van der Waals surface area contributed by atoms with Crippen LogP contribution in [-0.4, -0.2) is 18.5 Å². The third-order valence-electron chi connectivity index (χ3n) is 4.57. The second-order valence-electron chi connectivity index (χ2n) is 6.39. The molecule has 0 unspecified atom stereocenters. The van der Waals surface area contributed by atoms with E-state index in [0.717, 1.165) is 12.2 Å². The standard InChI is InChI=1S/C19H21Cl2N3O/c1-12-4-2-3-9-24(12)18-8-6-14(11-17(18)22)23-19(25)15-7-5-13(20)10-16(15)21/h5-8,10-12H,2-4,9,22H2,1H3,(H,23,25)/t12-/m1/s1. The predicted molar refractivity (Wildman–Crippen MR) is 106 cm³/mol. The van der Waals surface area contributed by atoms with Gasteiger partial charge in [0.1, 0.15) is 0 Å². The largest absolute Gasteiger partial charge is 0.397 e. The Bertz CT molecular complexity index is 794. The van der Waals surface area contributed by atoms with Gasteiger partial charge in [0.05, 0.1) is 22.0 Å². The van der Waals surface area contributed by atoms with Crippen LogP contribution in [0, 0.1) is 0 Å². The molecule has 3 rings (SSSR count). The maximum Gasteiger partial charge on any atom is 0.257 e. The molecule has 1 heterocycles. The molecular formula is C19H21Cl2N3O. The van der Waals surface area contributed by atoms with E-state index in [2.05, 4.69) is 17.1 Å². The zero-order valence-corrected chi connectivity index (χ0v) is 15.6. The predicted octanol–water partition coefficient (Wildman–Crippen LogP) is 5.21. The van der Waals surface area contributed by atoms with E-state index < -0.39 is 0 Å². The minimum atomic E-state index is -0.292. The summed E-state index contributed by atoms with van der Waals surface area (Å²) in [6, 6.07) is 10.9.